The van der Waals surface area contributed by atoms with E-state index in [1.165, 1.54) is 7.05 Å². The lowest BCUT2D eigenvalue weighted by atomic mass is 10.9. The zero-order chi connectivity index (χ0) is 10.9. The number of aromatic nitrogens is 3. The lowest BCUT2D eigenvalue weighted by Crippen LogP contribution is -2.27. The molecule has 1 aromatic heterocycles. The highest BCUT2D eigenvalue weighted by Gasteiger charge is 2.16. The van der Waals surface area contributed by atoms with E-state index in [4.69, 9.17) is 23.2 Å². The third kappa shape index (κ3) is 2.66. The highest BCUT2D eigenvalue weighted by Crippen LogP contribution is 2.14. The van der Waals surface area contributed by atoms with Crippen molar-refractivity contribution >= 4 is 39.2 Å². The van der Waals surface area contributed by atoms with Gasteiger partial charge in [-0.15, -0.1) is 0 Å². The molecule has 0 unspecified atom stereocenters. The highest BCUT2D eigenvalue weighted by molar-refractivity contribution is 7.92. The molecule has 0 fully saturated rings. The summed E-state index contributed by atoms with van der Waals surface area (Å²) in [4.78, 5) is 10.7. The van der Waals surface area contributed by atoms with Crippen LogP contribution < -0.4 is 4.31 Å². The fourth-order valence-corrected chi connectivity index (χ4v) is 1.34. The number of hydrogen-bond donors (Lipinski definition) is 0. The van der Waals surface area contributed by atoms with Gasteiger partial charge >= 0.3 is 0 Å². The summed E-state index contributed by atoms with van der Waals surface area (Å²) in [6, 6.07) is 0. The first-order valence-corrected chi connectivity index (χ1v) is 5.92. The Labute approximate surface area is 90.9 Å². The Kier molecular flexibility index (Phi) is 3.13. The van der Waals surface area contributed by atoms with Gasteiger partial charge in [0.25, 0.3) is 0 Å². The summed E-state index contributed by atoms with van der Waals surface area (Å²) in [6.45, 7) is 0. The zero-order valence-electron chi connectivity index (χ0n) is 7.27. The molecule has 14 heavy (non-hydrogen) atoms. The average Bonchev–Trinajstić information content (AvgIpc) is 1.99. The molecule has 9 heteroatoms. The number of nitrogens with zero attached hydrogens (tertiary/aromatic N) is 4. The van der Waals surface area contributed by atoms with Gasteiger partial charge in [0.15, 0.2) is 0 Å². The Balaban J connectivity index is 3.20. The van der Waals surface area contributed by atoms with Gasteiger partial charge < -0.3 is 0 Å². The maximum Gasteiger partial charge on any atom is 0.244 e. The molecule has 0 aliphatic carbocycles. The van der Waals surface area contributed by atoms with Crippen LogP contribution in [-0.4, -0.2) is 36.7 Å². The smallest absolute Gasteiger partial charge is 0.241 e. The van der Waals surface area contributed by atoms with Crippen molar-refractivity contribution < 1.29 is 8.42 Å². The van der Waals surface area contributed by atoms with Gasteiger partial charge in [0.1, 0.15) is 0 Å². The lowest BCUT2D eigenvalue weighted by molar-refractivity contribution is 0.599. The number of anilines is 1. The number of rotatable bonds is 2. The van der Waals surface area contributed by atoms with Crippen LogP contribution in [0.15, 0.2) is 0 Å². The van der Waals surface area contributed by atoms with E-state index in [2.05, 4.69) is 15.0 Å². The molecular weight excluding hydrogens is 251 g/mol. The van der Waals surface area contributed by atoms with E-state index in [-0.39, 0.29) is 16.5 Å². The van der Waals surface area contributed by atoms with Crippen LogP contribution in [0.2, 0.25) is 10.6 Å². The van der Waals surface area contributed by atoms with E-state index >= 15 is 0 Å². The van der Waals surface area contributed by atoms with Crippen LogP contribution in [0.1, 0.15) is 0 Å². The quantitative estimate of drug-likeness (QED) is 0.774. The molecule has 1 rings (SSSR count). The second-order valence-corrected chi connectivity index (χ2v) is 5.09. The van der Waals surface area contributed by atoms with Crippen molar-refractivity contribution in [2.75, 3.05) is 17.6 Å². The summed E-state index contributed by atoms with van der Waals surface area (Å²) in [7, 11) is -2.14. The molecule has 78 valence electrons. The first kappa shape index (κ1) is 11.4. The SMILES string of the molecule is CN(c1nc(Cl)nc(Cl)n1)S(C)(=O)=O. The van der Waals surface area contributed by atoms with Crippen LogP contribution >= 0.6 is 23.2 Å². The van der Waals surface area contributed by atoms with Crippen molar-refractivity contribution in [3.63, 3.8) is 0 Å². The third-order valence-corrected chi connectivity index (χ3v) is 2.84. The van der Waals surface area contributed by atoms with Gasteiger partial charge in [-0.3, -0.25) is 0 Å². The second-order valence-electron chi connectivity index (χ2n) is 2.40. The molecule has 0 radical (unpaired) electrons. The second kappa shape index (κ2) is 3.84. The molecule has 0 aromatic carbocycles. The monoisotopic (exact) mass is 256 g/mol. The largest absolute Gasteiger partial charge is 0.244 e. The molecule has 0 aliphatic heterocycles. The average molecular weight is 257 g/mol. The van der Waals surface area contributed by atoms with Crippen LogP contribution in [-0.2, 0) is 10.0 Å². The fourth-order valence-electron chi connectivity index (χ4n) is 0.605. The van der Waals surface area contributed by atoms with E-state index in [9.17, 15) is 8.42 Å². The van der Waals surface area contributed by atoms with E-state index in [0.29, 0.717) is 0 Å². The summed E-state index contributed by atoms with van der Waals surface area (Å²) in [6.07, 6.45) is 1.01. The Morgan fingerprint density at radius 2 is 1.57 bits per heavy atom. The summed E-state index contributed by atoms with van der Waals surface area (Å²) < 4.78 is 23.0. The summed E-state index contributed by atoms with van der Waals surface area (Å²) in [5.74, 6) is -0.113. The predicted molar refractivity (Wildman–Crippen MR) is 53.1 cm³/mol. The topological polar surface area (TPSA) is 76.1 Å². The molecular formula is C5H6Cl2N4O2S. The first-order chi connectivity index (χ1) is 6.30. The van der Waals surface area contributed by atoms with Gasteiger partial charge in [-0.2, -0.15) is 15.0 Å². The molecule has 0 saturated carbocycles. The van der Waals surface area contributed by atoms with Gasteiger partial charge in [-0.25, -0.2) is 12.7 Å². The predicted octanol–water partition coefficient (Wildman–Crippen LogP) is 0.574. The van der Waals surface area contributed by atoms with Crippen LogP contribution in [0.3, 0.4) is 0 Å². The molecule has 0 spiro atoms. The zero-order valence-corrected chi connectivity index (χ0v) is 9.60. The van der Waals surface area contributed by atoms with E-state index in [1.807, 2.05) is 0 Å². The van der Waals surface area contributed by atoms with Gasteiger partial charge in [0.2, 0.25) is 26.5 Å². The molecule has 0 N–H and O–H groups in total. The Hall–Kier alpha value is -0.660. The summed E-state index contributed by atoms with van der Waals surface area (Å²) in [5, 5.41) is -0.314. The Bertz CT molecular complexity index is 429. The van der Waals surface area contributed by atoms with E-state index in [1.54, 1.807) is 0 Å². The molecule has 1 heterocycles. The molecule has 0 amide bonds. The minimum Gasteiger partial charge on any atom is -0.241 e. The van der Waals surface area contributed by atoms with Crippen LogP contribution in [0, 0.1) is 0 Å². The van der Waals surface area contributed by atoms with Gasteiger partial charge in [-0.05, 0) is 23.2 Å². The minimum atomic E-state index is -3.43. The summed E-state index contributed by atoms with van der Waals surface area (Å²) in [5.41, 5.74) is 0. The van der Waals surface area contributed by atoms with Crippen LogP contribution in [0.4, 0.5) is 5.95 Å². The Morgan fingerprint density at radius 3 is 1.93 bits per heavy atom. The summed E-state index contributed by atoms with van der Waals surface area (Å²) >= 11 is 11.0. The first-order valence-electron chi connectivity index (χ1n) is 3.31. The number of halogens is 2. The van der Waals surface area contributed by atoms with Crippen LogP contribution in [0.5, 0.6) is 0 Å². The normalized spacial score (nSPS) is 11.4. The molecule has 0 saturated heterocycles. The standard InChI is InChI=1S/C5H6Cl2N4O2S/c1-11(14(2,12)13)5-9-3(6)8-4(7)10-5/h1-2H3. The maximum atomic E-state index is 11.1. The molecule has 0 atom stereocenters. The van der Waals surface area contributed by atoms with Crippen molar-refractivity contribution in [3.8, 4) is 0 Å². The number of hydrogen-bond acceptors (Lipinski definition) is 5. The van der Waals surface area contributed by atoms with Crippen molar-refractivity contribution in [2.24, 2.45) is 0 Å². The van der Waals surface area contributed by atoms with E-state index in [0.717, 1.165) is 10.6 Å². The lowest BCUT2D eigenvalue weighted by Gasteiger charge is -2.13. The Morgan fingerprint density at radius 1 is 1.14 bits per heavy atom. The van der Waals surface area contributed by atoms with Crippen molar-refractivity contribution in [3.05, 3.63) is 10.6 Å². The van der Waals surface area contributed by atoms with Gasteiger partial charge in [-0.1, -0.05) is 0 Å². The molecule has 0 bridgehead atoms. The number of sulfonamides is 1. The van der Waals surface area contributed by atoms with E-state index < -0.39 is 10.0 Å². The molecule has 1 aromatic rings. The van der Waals surface area contributed by atoms with Crippen molar-refractivity contribution in [2.45, 2.75) is 0 Å². The third-order valence-electron chi connectivity index (χ3n) is 1.35. The van der Waals surface area contributed by atoms with Crippen LogP contribution in [0.25, 0.3) is 0 Å². The maximum absolute atomic E-state index is 11.1. The van der Waals surface area contributed by atoms with Crippen molar-refractivity contribution in [1.29, 1.82) is 0 Å². The van der Waals surface area contributed by atoms with Gasteiger partial charge in [0, 0.05) is 7.05 Å². The highest BCUT2D eigenvalue weighted by atomic mass is 35.5. The molecule has 6 nitrogen and oxygen atoms in total. The molecule has 0 aliphatic rings. The fraction of sp³-hybridized carbons (Fsp3) is 0.400. The van der Waals surface area contributed by atoms with Gasteiger partial charge in [0.05, 0.1) is 6.26 Å². The minimum absolute atomic E-state index is 0.113. The van der Waals surface area contributed by atoms with Crippen molar-refractivity contribution in [1.82, 2.24) is 15.0 Å².